The summed E-state index contributed by atoms with van der Waals surface area (Å²) >= 11 is 0. The smallest absolute Gasteiger partial charge is 0.408 e. The largest absolute Gasteiger partial charge is 0.458 e. The number of rotatable bonds is 9. The minimum atomic E-state index is -1.72. The molecule has 2 aromatic rings. The lowest BCUT2D eigenvalue weighted by Gasteiger charge is -2.48. The van der Waals surface area contributed by atoms with Crippen molar-refractivity contribution < 1.29 is 57.5 Å². The van der Waals surface area contributed by atoms with Crippen LogP contribution < -0.4 is 10.6 Å². The van der Waals surface area contributed by atoms with E-state index in [-0.39, 0.29) is 37.3 Å². The Morgan fingerprint density at radius 1 is 1.08 bits per heavy atom. The van der Waals surface area contributed by atoms with E-state index in [2.05, 4.69) is 15.6 Å². The molecule has 16 nitrogen and oxygen atoms in total. The predicted octanol–water partition coefficient (Wildman–Crippen LogP) is 5.18. The highest BCUT2D eigenvalue weighted by Crippen LogP contribution is 2.41. The molecule has 3 fully saturated rings. The molecule has 14 atom stereocenters. The van der Waals surface area contributed by atoms with Crippen molar-refractivity contribution >= 4 is 46.9 Å². The Labute approximate surface area is 358 Å². The van der Waals surface area contributed by atoms with Gasteiger partial charge in [0.05, 0.1) is 35.7 Å². The van der Waals surface area contributed by atoms with Gasteiger partial charge in [0, 0.05) is 42.8 Å². The molecule has 3 saturated heterocycles. The van der Waals surface area contributed by atoms with E-state index in [1.807, 2.05) is 62.3 Å². The second-order valence-electron chi connectivity index (χ2n) is 17.6. The number of amides is 2. The molecule has 3 aliphatic rings. The summed E-state index contributed by atoms with van der Waals surface area (Å²) in [6, 6.07) is 8.45. The van der Waals surface area contributed by atoms with Gasteiger partial charge in [-0.15, -0.1) is 0 Å². The quantitative estimate of drug-likeness (QED) is 0.220. The number of carbonyl (C=O) groups is 5. The summed E-state index contributed by atoms with van der Waals surface area (Å²) in [5.41, 5.74) is -1.47. The molecule has 0 unspecified atom stereocenters. The Morgan fingerprint density at radius 2 is 1.79 bits per heavy atom. The van der Waals surface area contributed by atoms with Crippen LogP contribution in [0.3, 0.4) is 0 Å². The lowest BCUT2D eigenvalue weighted by Crippen LogP contribution is -2.61. The number of hydrogen-bond donors (Lipinski definition) is 3. The van der Waals surface area contributed by atoms with Crippen LogP contribution in [0.5, 0.6) is 0 Å². The zero-order valence-electron chi connectivity index (χ0n) is 37.2. The molecular formula is C45H64N4O12. The number of ketones is 1. The molecule has 2 amide bonds. The number of carbonyl (C=O) groups excluding carboxylic acids is 5. The highest BCUT2D eigenvalue weighted by Gasteiger charge is 2.58. The minimum absolute atomic E-state index is 0.0562. The Hall–Kier alpha value is -4.64. The molecular weight excluding hydrogens is 789 g/mol. The van der Waals surface area contributed by atoms with Gasteiger partial charge in [-0.1, -0.05) is 58.0 Å². The number of Topliss-reactive ketones (excluding diaryl/α,β-unsaturated/α-hetero) is 1. The van der Waals surface area contributed by atoms with Crippen LogP contribution in [0.15, 0.2) is 42.6 Å². The van der Waals surface area contributed by atoms with Gasteiger partial charge in [-0.3, -0.25) is 19.4 Å². The van der Waals surface area contributed by atoms with Gasteiger partial charge in [0.2, 0.25) is 0 Å². The fraction of sp³-hybridized carbons (Fsp3) is 0.644. The first-order chi connectivity index (χ1) is 28.7. The third-order valence-electron chi connectivity index (χ3n) is 12.6. The van der Waals surface area contributed by atoms with Crippen molar-refractivity contribution in [1.29, 1.82) is 0 Å². The zero-order chi connectivity index (χ0) is 45.0. The summed E-state index contributed by atoms with van der Waals surface area (Å²) in [6.07, 6.45) is -2.00. The summed E-state index contributed by atoms with van der Waals surface area (Å²) in [4.78, 5) is 74.2. The summed E-state index contributed by atoms with van der Waals surface area (Å²) in [5, 5.41) is 18.6. The molecule has 1 aromatic heterocycles. The van der Waals surface area contributed by atoms with E-state index < -0.39 is 95.7 Å². The fourth-order valence-electron chi connectivity index (χ4n) is 9.31. The van der Waals surface area contributed by atoms with Crippen LogP contribution in [-0.2, 0) is 42.8 Å². The summed E-state index contributed by atoms with van der Waals surface area (Å²) in [7, 11) is 3.70. The third-order valence-corrected chi connectivity index (χ3v) is 12.6. The summed E-state index contributed by atoms with van der Waals surface area (Å²) in [6.45, 7) is 14.7. The van der Waals surface area contributed by atoms with Crippen LogP contribution in [0.4, 0.5) is 9.59 Å². The molecule has 3 aliphatic heterocycles. The lowest BCUT2D eigenvalue weighted by atomic mass is 9.73. The van der Waals surface area contributed by atoms with E-state index in [0.29, 0.717) is 6.42 Å². The molecule has 61 heavy (non-hydrogen) atoms. The Kier molecular flexibility index (Phi) is 15.2. The first kappa shape index (κ1) is 47.4. The number of ether oxygens (including phenoxy) is 6. The number of nitrogens with one attached hydrogen (secondary N) is 2. The molecule has 0 radical (unpaired) electrons. The first-order valence-corrected chi connectivity index (χ1v) is 21.2. The van der Waals surface area contributed by atoms with E-state index >= 15 is 0 Å². The maximum atomic E-state index is 14.5. The van der Waals surface area contributed by atoms with Crippen LogP contribution in [-0.4, -0.2) is 126 Å². The number of esters is 2. The number of nitrogens with zero attached hydrogens (tertiary/aromatic N) is 2. The molecule has 0 bridgehead atoms. The van der Waals surface area contributed by atoms with E-state index in [1.54, 1.807) is 53.8 Å². The van der Waals surface area contributed by atoms with Crippen LogP contribution >= 0.6 is 0 Å². The first-order valence-electron chi connectivity index (χ1n) is 21.2. The Bertz CT molecular complexity index is 1940. The monoisotopic (exact) mass is 852 g/mol. The van der Waals surface area contributed by atoms with Gasteiger partial charge in [0.15, 0.2) is 18.0 Å². The van der Waals surface area contributed by atoms with Gasteiger partial charge in [0.25, 0.3) is 0 Å². The van der Waals surface area contributed by atoms with Gasteiger partial charge >= 0.3 is 24.1 Å². The number of aromatic nitrogens is 1. The number of likely N-dealkylation sites (N-methyl/N-ethyl adjacent to an activating group) is 1. The van der Waals surface area contributed by atoms with Crippen molar-refractivity contribution in [3.63, 3.8) is 0 Å². The molecule has 336 valence electrons. The van der Waals surface area contributed by atoms with E-state index in [4.69, 9.17) is 28.4 Å². The van der Waals surface area contributed by atoms with Crippen LogP contribution in [0.2, 0.25) is 0 Å². The maximum Gasteiger partial charge on any atom is 0.408 e. The predicted molar refractivity (Wildman–Crippen MR) is 225 cm³/mol. The molecule has 0 saturated carbocycles. The molecule has 5 rings (SSSR count). The highest BCUT2D eigenvalue weighted by molar-refractivity contribution is 5.85. The SMILES string of the molecule is CC[C@H]1OC(=O)[C@H](C)[C@@H](O)[C@H](C)[C@@H](O[C@@H]2O[C@H](C)C[C@H](N(C)C)[C@H]2OC(C)=O)[C@](C)(OC(=O)NC/C=C/c2cnc3ccccc3c2)C[C@@H](C)C(=O)[C@H](C)[C@H]2NC(=O)O[C@@]21C. The number of alkyl carbamates (subject to hydrolysis) is 2. The average Bonchev–Trinajstić information content (AvgIpc) is 3.52. The van der Waals surface area contributed by atoms with Crippen molar-refractivity contribution in [2.75, 3.05) is 20.6 Å². The molecule has 0 aliphatic carbocycles. The number of aliphatic hydroxyl groups excluding tert-OH is 1. The van der Waals surface area contributed by atoms with Gasteiger partial charge in [-0.2, -0.15) is 0 Å². The van der Waals surface area contributed by atoms with Crippen LogP contribution in [0.1, 0.15) is 87.1 Å². The van der Waals surface area contributed by atoms with Crippen molar-refractivity contribution in [3.05, 3.63) is 48.2 Å². The lowest BCUT2D eigenvalue weighted by molar-refractivity contribution is -0.300. The fourth-order valence-corrected chi connectivity index (χ4v) is 9.31. The second-order valence-corrected chi connectivity index (χ2v) is 17.6. The number of fused-ring (bicyclic) bond motifs is 2. The van der Waals surface area contributed by atoms with Crippen LogP contribution in [0.25, 0.3) is 17.0 Å². The van der Waals surface area contributed by atoms with E-state index in [1.165, 1.54) is 13.8 Å². The number of benzene rings is 1. The number of aliphatic hydroxyl groups is 1. The van der Waals surface area contributed by atoms with E-state index in [0.717, 1.165) is 16.5 Å². The summed E-state index contributed by atoms with van der Waals surface area (Å²) in [5.74, 6) is -5.51. The Morgan fingerprint density at radius 3 is 2.46 bits per heavy atom. The molecule has 4 heterocycles. The number of para-hydroxylation sites is 1. The van der Waals surface area contributed by atoms with E-state index in [9.17, 15) is 29.1 Å². The number of cyclic esters (lactones) is 1. The average molecular weight is 853 g/mol. The minimum Gasteiger partial charge on any atom is -0.458 e. The topological polar surface area (TPSA) is 201 Å². The van der Waals surface area contributed by atoms with Crippen LogP contribution in [0, 0.1) is 23.7 Å². The molecule has 1 aromatic carbocycles. The maximum absolute atomic E-state index is 14.5. The van der Waals surface area contributed by atoms with Crippen molar-refractivity contribution in [3.8, 4) is 0 Å². The van der Waals surface area contributed by atoms with Gasteiger partial charge in [0.1, 0.15) is 23.6 Å². The highest BCUT2D eigenvalue weighted by atomic mass is 16.7. The zero-order valence-corrected chi connectivity index (χ0v) is 37.2. The Balaban J connectivity index is 1.55. The second kappa shape index (κ2) is 19.6. The number of pyridine rings is 1. The van der Waals surface area contributed by atoms with Crippen molar-refractivity contribution in [1.82, 2.24) is 20.5 Å². The molecule has 3 N–H and O–H groups in total. The third kappa shape index (κ3) is 10.7. The van der Waals surface area contributed by atoms with Gasteiger partial charge in [-0.25, -0.2) is 9.59 Å². The van der Waals surface area contributed by atoms with Gasteiger partial charge in [-0.05, 0) is 78.7 Å². The molecule has 0 spiro atoms. The summed E-state index contributed by atoms with van der Waals surface area (Å²) < 4.78 is 37.2. The van der Waals surface area contributed by atoms with Crippen molar-refractivity contribution in [2.45, 2.75) is 142 Å². The number of hydrogen-bond acceptors (Lipinski definition) is 14. The molecule has 16 heteroatoms. The standard InChI is InChI=1S/C45H64N4O12/c1-12-34-45(9)38(48-43(55)61-45)26(4)35(51)24(2)22-44(8,60-42(54)46-19-15-16-30-21-31-17-13-14-18-32(31)47-23-30)39(27(5)36(52)28(6)40(53)58-34)59-41-37(57-29(7)50)33(49(10)11)20-25(3)56-41/h13-18,21,23-28,33-34,36-39,41,52H,12,19-20,22H2,1-11H3,(H,46,54)(H,48,55)/b16-15+/t24-,25-,26+,27+,28-,33+,34-,36+,37-,38-,39-,41+,44-,45-/m1/s1. The van der Waals surface area contributed by atoms with Gasteiger partial charge < -0.3 is 49.1 Å². The normalized spacial score (nSPS) is 36.4. The van der Waals surface area contributed by atoms with Crippen molar-refractivity contribution in [2.24, 2.45) is 23.7 Å².